The molecule has 0 saturated carbocycles. The standard InChI is InChI=1S/C8H13N3O/c1-6(5-12)11-4-3-8(9)10-7(11)2/h3-4,6,12H,2,5H2,1H3,(H2,9,10)/t6-/m1/s1. The van der Waals surface area contributed by atoms with Gasteiger partial charge in [-0.15, -0.1) is 0 Å². The van der Waals surface area contributed by atoms with Crippen LogP contribution in [-0.4, -0.2) is 28.5 Å². The molecule has 1 heterocycles. The number of amidine groups is 1. The van der Waals surface area contributed by atoms with Crippen molar-refractivity contribution < 1.29 is 5.11 Å². The van der Waals surface area contributed by atoms with Crippen molar-refractivity contribution in [3.05, 3.63) is 24.7 Å². The highest BCUT2D eigenvalue weighted by atomic mass is 16.3. The molecule has 0 aromatic rings. The summed E-state index contributed by atoms with van der Waals surface area (Å²) in [7, 11) is 0. The number of aliphatic hydroxyl groups is 1. The molecule has 1 aliphatic heterocycles. The van der Waals surface area contributed by atoms with E-state index < -0.39 is 0 Å². The van der Waals surface area contributed by atoms with Gasteiger partial charge in [0.1, 0.15) is 11.7 Å². The van der Waals surface area contributed by atoms with E-state index in [2.05, 4.69) is 11.6 Å². The quantitative estimate of drug-likeness (QED) is 0.609. The second-order valence-electron chi connectivity index (χ2n) is 2.71. The van der Waals surface area contributed by atoms with Gasteiger partial charge >= 0.3 is 0 Å². The van der Waals surface area contributed by atoms with Crippen molar-refractivity contribution in [3.8, 4) is 0 Å². The van der Waals surface area contributed by atoms with Gasteiger partial charge in [-0.1, -0.05) is 6.58 Å². The van der Waals surface area contributed by atoms with Crippen LogP contribution in [0.3, 0.4) is 0 Å². The molecule has 66 valence electrons. The van der Waals surface area contributed by atoms with E-state index in [4.69, 9.17) is 10.8 Å². The van der Waals surface area contributed by atoms with E-state index >= 15 is 0 Å². The van der Waals surface area contributed by atoms with Crippen LogP contribution in [0.5, 0.6) is 0 Å². The van der Waals surface area contributed by atoms with Gasteiger partial charge in [0, 0.05) is 6.20 Å². The number of rotatable bonds is 2. The number of hydrogen-bond acceptors (Lipinski definition) is 4. The lowest BCUT2D eigenvalue weighted by molar-refractivity contribution is 0.199. The Bertz CT molecular complexity index is 245. The smallest absolute Gasteiger partial charge is 0.127 e. The van der Waals surface area contributed by atoms with Gasteiger partial charge in [0.15, 0.2) is 0 Å². The molecular weight excluding hydrogens is 154 g/mol. The molecule has 0 unspecified atom stereocenters. The Kier molecular flexibility index (Phi) is 2.50. The molecular formula is C8H13N3O. The highest BCUT2D eigenvalue weighted by molar-refractivity contribution is 5.92. The lowest BCUT2D eigenvalue weighted by atomic mass is 10.3. The van der Waals surface area contributed by atoms with Gasteiger partial charge in [-0.05, 0) is 13.0 Å². The van der Waals surface area contributed by atoms with Crippen molar-refractivity contribution in [1.82, 2.24) is 4.90 Å². The average molecular weight is 167 g/mol. The number of nitrogens with two attached hydrogens (primary N) is 1. The Hall–Kier alpha value is -1.29. The van der Waals surface area contributed by atoms with Gasteiger partial charge in [0.05, 0.1) is 12.6 Å². The van der Waals surface area contributed by atoms with Crippen LogP contribution in [0.15, 0.2) is 29.7 Å². The molecule has 0 fully saturated rings. The van der Waals surface area contributed by atoms with Crippen LogP contribution >= 0.6 is 0 Å². The van der Waals surface area contributed by atoms with E-state index in [1.54, 1.807) is 17.2 Å². The highest BCUT2D eigenvalue weighted by Crippen LogP contribution is 2.12. The lowest BCUT2D eigenvalue weighted by Gasteiger charge is -2.27. The topological polar surface area (TPSA) is 61.8 Å². The van der Waals surface area contributed by atoms with Crippen molar-refractivity contribution in [2.75, 3.05) is 6.61 Å². The maximum absolute atomic E-state index is 8.87. The van der Waals surface area contributed by atoms with Gasteiger partial charge < -0.3 is 15.7 Å². The maximum Gasteiger partial charge on any atom is 0.127 e. The van der Waals surface area contributed by atoms with Gasteiger partial charge in [-0.2, -0.15) is 0 Å². The van der Waals surface area contributed by atoms with Gasteiger partial charge in [0.2, 0.25) is 0 Å². The molecule has 1 aliphatic rings. The van der Waals surface area contributed by atoms with Crippen LogP contribution in [0, 0.1) is 0 Å². The number of nitrogens with zero attached hydrogens (tertiary/aromatic N) is 2. The Morgan fingerprint density at radius 2 is 2.50 bits per heavy atom. The third kappa shape index (κ3) is 1.65. The van der Waals surface area contributed by atoms with E-state index in [9.17, 15) is 0 Å². The molecule has 0 bridgehead atoms. The minimum Gasteiger partial charge on any atom is -0.394 e. The molecule has 4 heteroatoms. The van der Waals surface area contributed by atoms with Crippen LogP contribution in [0.1, 0.15) is 6.92 Å². The zero-order valence-electron chi connectivity index (χ0n) is 7.07. The number of aliphatic hydroxyl groups excluding tert-OH is 1. The Balaban J connectivity index is 2.72. The lowest BCUT2D eigenvalue weighted by Crippen LogP contribution is -2.32. The first-order valence-electron chi connectivity index (χ1n) is 3.75. The zero-order chi connectivity index (χ0) is 9.14. The van der Waals surface area contributed by atoms with Crippen LogP contribution in [-0.2, 0) is 0 Å². The highest BCUT2D eigenvalue weighted by Gasteiger charge is 2.14. The van der Waals surface area contributed by atoms with Crippen molar-refractivity contribution in [2.24, 2.45) is 10.7 Å². The predicted octanol–water partition coefficient (Wildman–Crippen LogP) is 0.0249. The number of hydrogen-bond donors (Lipinski definition) is 2. The first-order valence-corrected chi connectivity index (χ1v) is 3.75. The minimum atomic E-state index is -0.00870. The normalized spacial score (nSPS) is 19.3. The maximum atomic E-state index is 8.87. The van der Waals surface area contributed by atoms with E-state index in [1.807, 2.05) is 6.92 Å². The second kappa shape index (κ2) is 3.40. The largest absolute Gasteiger partial charge is 0.394 e. The van der Waals surface area contributed by atoms with Crippen LogP contribution in [0.2, 0.25) is 0 Å². The Morgan fingerprint density at radius 1 is 1.83 bits per heavy atom. The molecule has 0 amide bonds. The minimum absolute atomic E-state index is 0.00870. The van der Waals surface area contributed by atoms with E-state index in [-0.39, 0.29) is 12.6 Å². The third-order valence-electron chi connectivity index (χ3n) is 1.70. The molecule has 3 N–H and O–H groups in total. The monoisotopic (exact) mass is 167 g/mol. The summed E-state index contributed by atoms with van der Waals surface area (Å²) in [5, 5.41) is 8.87. The summed E-state index contributed by atoms with van der Waals surface area (Å²) < 4.78 is 0. The Morgan fingerprint density at radius 3 is 3.00 bits per heavy atom. The van der Waals surface area contributed by atoms with Crippen molar-refractivity contribution in [2.45, 2.75) is 13.0 Å². The average Bonchev–Trinajstić information content (AvgIpc) is 2.03. The van der Waals surface area contributed by atoms with Crippen LogP contribution in [0.25, 0.3) is 0 Å². The molecule has 0 aromatic carbocycles. The second-order valence-corrected chi connectivity index (χ2v) is 2.71. The molecule has 4 nitrogen and oxygen atoms in total. The first kappa shape index (κ1) is 8.80. The summed E-state index contributed by atoms with van der Waals surface area (Å²) in [6.07, 6.45) is 3.45. The molecule has 1 rings (SSSR count). The fraction of sp³-hybridized carbons (Fsp3) is 0.375. The number of aliphatic imine (C=N–C) groups is 1. The van der Waals surface area contributed by atoms with Crippen molar-refractivity contribution in [1.29, 1.82) is 0 Å². The molecule has 0 saturated heterocycles. The summed E-state index contributed by atoms with van der Waals surface area (Å²) in [5.74, 6) is 1.01. The summed E-state index contributed by atoms with van der Waals surface area (Å²) in [4.78, 5) is 5.74. The van der Waals surface area contributed by atoms with Gasteiger partial charge in [-0.25, -0.2) is 4.99 Å². The van der Waals surface area contributed by atoms with E-state index in [0.717, 1.165) is 0 Å². The van der Waals surface area contributed by atoms with Crippen LogP contribution < -0.4 is 5.73 Å². The Labute approximate surface area is 71.7 Å². The predicted molar refractivity (Wildman–Crippen MR) is 48.3 cm³/mol. The summed E-state index contributed by atoms with van der Waals surface area (Å²) in [6, 6.07) is -0.00870. The third-order valence-corrected chi connectivity index (χ3v) is 1.70. The summed E-state index contributed by atoms with van der Waals surface area (Å²) >= 11 is 0. The fourth-order valence-corrected chi connectivity index (χ4v) is 0.976. The van der Waals surface area contributed by atoms with Gasteiger partial charge in [-0.3, -0.25) is 0 Å². The molecule has 0 radical (unpaired) electrons. The molecule has 0 spiro atoms. The fourth-order valence-electron chi connectivity index (χ4n) is 0.976. The van der Waals surface area contributed by atoms with Crippen molar-refractivity contribution in [3.63, 3.8) is 0 Å². The van der Waals surface area contributed by atoms with Gasteiger partial charge in [0.25, 0.3) is 0 Å². The van der Waals surface area contributed by atoms with Crippen molar-refractivity contribution >= 4 is 5.84 Å². The summed E-state index contributed by atoms with van der Waals surface area (Å²) in [5.41, 5.74) is 5.44. The van der Waals surface area contributed by atoms with E-state index in [0.29, 0.717) is 11.7 Å². The molecule has 0 aliphatic carbocycles. The zero-order valence-corrected chi connectivity index (χ0v) is 7.07. The SMILES string of the molecule is C=C1N=C(N)C=CN1[C@H](C)CO. The first-order chi connectivity index (χ1) is 5.65. The van der Waals surface area contributed by atoms with E-state index in [1.165, 1.54) is 0 Å². The molecule has 1 atom stereocenters. The molecule has 12 heavy (non-hydrogen) atoms. The molecule has 0 aromatic heterocycles. The summed E-state index contributed by atoms with van der Waals surface area (Å²) in [6.45, 7) is 5.66. The van der Waals surface area contributed by atoms with Crippen LogP contribution in [0.4, 0.5) is 0 Å².